The predicted molar refractivity (Wildman–Crippen MR) is 97.7 cm³/mol. The minimum absolute atomic E-state index is 0.210. The van der Waals surface area contributed by atoms with Gasteiger partial charge in [-0.3, -0.25) is 4.79 Å². The summed E-state index contributed by atoms with van der Waals surface area (Å²) in [6, 6.07) is 4.95. The average molecular weight is 392 g/mol. The SMILES string of the molecule is O=C1N(CC2CC2)c2ccc(S(=O)(=O)N3CCCC3)cc2C12OCCCO2. The average Bonchev–Trinajstić information content (AvgIpc) is 3.27. The van der Waals surface area contributed by atoms with Crippen LogP contribution in [0.25, 0.3) is 0 Å². The summed E-state index contributed by atoms with van der Waals surface area (Å²) in [5.41, 5.74) is 1.25. The van der Waals surface area contributed by atoms with E-state index in [2.05, 4.69) is 0 Å². The molecule has 1 saturated carbocycles. The molecule has 5 rings (SSSR count). The van der Waals surface area contributed by atoms with Crippen molar-refractivity contribution in [2.75, 3.05) is 37.7 Å². The number of carbonyl (C=O) groups is 1. The summed E-state index contributed by atoms with van der Waals surface area (Å²) in [7, 11) is -3.57. The van der Waals surface area contributed by atoms with Crippen LogP contribution in [0.1, 0.15) is 37.7 Å². The second-order valence-electron chi connectivity index (χ2n) is 7.82. The van der Waals surface area contributed by atoms with Gasteiger partial charge < -0.3 is 14.4 Å². The molecule has 1 aromatic rings. The molecule has 1 amide bonds. The lowest BCUT2D eigenvalue weighted by molar-refractivity contribution is -0.256. The summed E-state index contributed by atoms with van der Waals surface area (Å²) in [5, 5.41) is 0. The summed E-state index contributed by atoms with van der Waals surface area (Å²) in [6.07, 6.45) is 4.73. The van der Waals surface area contributed by atoms with Crippen molar-refractivity contribution in [3.8, 4) is 0 Å². The van der Waals surface area contributed by atoms with Crippen LogP contribution < -0.4 is 4.90 Å². The van der Waals surface area contributed by atoms with Crippen molar-refractivity contribution < 1.29 is 22.7 Å². The summed E-state index contributed by atoms with van der Waals surface area (Å²) in [6.45, 7) is 2.57. The summed E-state index contributed by atoms with van der Waals surface area (Å²) < 4.78 is 39.3. The van der Waals surface area contributed by atoms with Gasteiger partial charge in [0, 0.05) is 25.2 Å². The minimum atomic E-state index is -3.57. The van der Waals surface area contributed by atoms with Gasteiger partial charge in [0.25, 0.3) is 11.7 Å². The van der Waals surface area contributed by atoms with E-state index in [-0.39, 0.29) is 10.8 Å². The van der Waals surface area contributed by atoms with Crippen molar-refractivity contribution >= 4 is 21.6 Å². The fourth-order valence-electron chi connectivity index (χ4n) is 4.21. The van der Waals surface area contributed by atoms with Gasteiger partial charge in [-0.15, -0.1) is 0 Å². The van der Waals surface area contributed by atoms with Crippen LogP contribution in [0.4, 0.5) is 5.69 Å². The largest absolute Gasteiger partial charge is 0.338 e. The first kappa shape index (κ1) is 17.6. The molecule has 0 atom stereocenters. The molecule has 27 heavy (non-hydrogen) atoms. The molecule has 0 bridgehead atoms. The van der Waals surface area contributed by atoms with E-state index in [4.69, 9.17) is 9.47 Å². The van der Waals surface area contributed by atoms with E-state index in [1.54, 1.807) is 23.1 Å². The molecule has 0 unspecified atom stereocenters. The Morgan fingerprint density at radius 3 is 2.44 bits per heavy atom. The molecule has 1 aromatic carbocycles. The summed E-state index contributed by atoms with van der Waals surface area (Å²) in [5.74, 6) is -1.20. The van der Waals surface area contributed by atoms with E-state index < -0.39 is 15.8 Å². The quantitative estimate of drug-likeness (QED) is 0.781. The van der Waals surface area contributed by atoms with Crippen LogP contribution in [0.2, 0.25) is 0 Å². The molecular weight excluding hydrogens is 368 g/mol. The van der Waals surface area contributed by atoms with Crippen LogP contribution in [0.15, 0.2) is 23.1 Å². The molecule has 0 N–H and O–H groups in total. The number of hydrogen-bond donors (Lipinski definition) is 0. The maximum atomic E-state index is 13.2. The standard InChI is InChI=1S/C19H24N2O5S/c22-18-19(25-10-3-11-26-19)16-12-15(27(23,24)20-8-1-2-9-20)6-7-17(16)21(18)13-14-4-5-14/h6-7,12,14H,1-5,8-11,13H2. The van der Waals surface area contributed by atoms with Gasteiger partial charge in [0.15, 0.2) is 0 Å². The highest BCUT2D eigenvalue weighted by Gasteiger charge is 2.56. The Bertz CT molecular complexity index is 868. The number of amides is 1. The number of fused-ring (bicyclic) bond motifs is 2. The Morgan fingerprint density at radius 2 is 1.78 bits per heavy atom. The summed E-state index contributed by atoms with van der Waals surface area (Å²) >= 11 is 0. The lowest BCUT2D eigenvalue weighted by atomic mass is 10.1. The number of carbonyl (C=O) groups excluding carboxylic acids is 1. The van der Waals surface area contributed by atoms with Crippen LogP contribution in [-0.2, 0) is 30.1 Å². The Morgan fingerprint density at radius 1 is 1.07 bits per heavy atom. The molecule has 3 aliphatic heterocycles. The predicted octanol–water partition coefficient (Wildman–Crippen LogP) is 1.82. The van der Waals surface area contributed by atoms with Gasteiger partial charge >= 0.3 is 0 Å². The number of benzene rings is 1. The zero-order valence-electron chi connectivity index (χ0n) is 15.2. The molecular formula is C19H24N2O5S. The zero-order valence-corrected chi connectivity index (χ0v) is 16.0. The molecule has 2 saturated heterocycles. The van der Waals surface area contributed by atoms with Gasteiger partial charge in [-0.05, 0) is 56.2 Å². The second-order valence-corrected chi connectivity index (χ2v) is 9.75. The lowest BCUT2D eigenvalue weighted by Gasteiger charge is -2.32. The van der Waals surface area contributed by atoms with Crippen molar-refractivity contribution in [1.82, 2.24) is 4.31 Å². The van der Waals surface area contributed by atoms with Crippen LogP contribution >= 0.6 is 0 Å². The number of sulfonamides is 1. The first-order valence-electron chi connectivity index (χ1n) is 9.77. The van der Waals surface area contributed by atoms with Crippen LogP contribution in [0, 0.1) is 5.92 Å². The van der Waals surface area contributed by atoms with E-state index in [0.29, 0.717) is 50.0 Å². The fraction of sp³-hybridized carbons (Fsp3) is 0.632. The maximum Gasteiger partial charge on any atom is 0.292 e. The van der Waals surface area contributed by atoms with Gasteiger partial charge in [0.2, 0.25) is 10.0 Å². The molecule has 7 nitrogen and oxygen atoms in total. The van der Waals surface area contributed by atoms with Gasteiger partial charge in [-0.25, -0.2) is 8.42 Å². The number of hydrogen-bond acceptors (Lipinski definition) is 5. The minimum Gasteiger partial charge on any atom is -0.338 e. The van der Waals surface area contributed by atoms with Gasteiger partial charge in [-0.2, -0.15) is 4.31 Å². The third kappa shape index (κ3) is 2.73. The number of anilines is 1. The maximum absolute atomic E-state index is 13.2. The molecule has 3 heterocycles. The highest BCUT2D eigenvalue weighted by Crippen LogP contribution is 2.47. The van der Waals surface area contributed by atoms with E-state index >= 15 is 0 Å². The highest BCUT2D eigenvalue weighted by molar-refractivity contribution is 7.89. The molecule has 1 spiro atoms. The van der Waals surface area contributed by atoms with Gasteiger partial charge in [-0.1, -0.05) is 0 Å². The molecule has 4 aliphatic rings. The van der Waals surface area contributed by atoms with Crippen molar-refractivity contribution in [1.29, 1.82) is 0 Å². The van der Waals surface area contributed by atoms with E-state index in [1.165, 1.54) is 4.31 Å². The Balaban J connectivity index is 1.59. The number of rotatable bonds is 4. The number of nitrogens with zero attached hydrogens (tertiary/aromatic N) is 2. The smallest absolute Gasteiger partial charge is 0.292 e. The van der Waals surface area contributed by atoms with Crippen LogP contribution in [0.3, 0.4) is 0 Å². The number of ether oxygens (including phenoxy) is 2. The second kappa shape index (κ2) is 6.27. The van der Waals surface area contributed by atoms with E-state index in [1.807, 2.05) is 0 Å². The topological polar surface area (TPSA) is 76.2 Å². The monoisotopic (exact) mass is 392 g/mol. The first-order chi connectivity index (χ1) is 13.0. The molecule has 0 radical (unpaired) electrons. The molecule has 146 valence electrons. The zero-order chi connectivity index (χ0) is 18.6. The van der Waals surface area contributed by atoms with Crippen molar-refractivity contribution in [3.05, 3.63) is 23.8 Å². The third-order valence-corrected chi connectivity index (χ3v) is 7.77. The molecule has 0 aromatic heterocycles. The summed E-state index contributed by atoms with van der Waals surface area (Å²) in [4.78, 5) is 15.2. The van der Waals surface area contributed by atoms with Gasteiger partial charge in [0.1, 0.15) is 0 Å². The molecule has 3 fully saturated rings. The lowest BCUT2D eigenvalue weighted by Crippen LogP contribution is -2.47. The van der Waals surface area contributed by atoms with Crippen molar-refractivity contribution in [3.63, 3.8) is 0 Å². The van der Waals surface area contributed by atoms with Crippen molar-refractivity contribution in [2.45, 2.75) is 42.8 Å². The van der Waals surface area contributed by atoms with Crippen molar-refractivity contribution in [2.24, 2.45) is 5.92 Å². The Hall–Kier alpha value is -1.48. The fourth-order valence-corrected chi connectivity index (χ4v) is 5.75. The molecule has 1 aliphatic carbocycles. The third-order valence-electron chi connectivity index (χ3n) is 5.88. The van der Waals surface area contributed by atoms with Gasteiger partial charge in [0.05, 0.1) is 23.8 Å². The van der Waals surface area contributed by atoms with Crippen LogP contribution in [-0.4, -0.2) is 51.5 Å². The highest BCUT2D eigenvalue weighted by atomic mass is 32.2. The van der Waals surface area contributed by atoms with E-state index in [0.717, 1.165) is 32.1 Å². The Labute approximate surface area is 159 Å². The van der Waals surface area contributed by atoms with Crippen LogP contribution in [0.5, 0.6) is 0 Å². The van der Waals surface area contributed by atoms with E-state index in [9.17, 15) is 13.2 Å². The Kier molecular flexibility index (Phi) is 4.09. The molecule has 8 heteroatoms. The normalized spacial score (nSPS) is 25.3. The first-order valence-corrected chi connectivity index (χ1v) is 11.2.